The Bertz CT molecular complexity index is 754. The lowest BCUT2D eigenvalue weighted by Gasteiger charge is -2.35. The van der Waals surface area contributed by atoms with Gasteiger partial charge in [0.15, 0.2) is 0 Å². The van der Waals surface area contributed by atoms with E-state index in [-0.39, 0.29) is 11.9 Å². The summed E-state index contributed by atoms with van der Waals surface area (Å²) in [6, 6.07) is 7.80. The number of aromatic nitrogens is 2. The van der Waals surface area contributed by atoms with E-state index >= 15 is 0 Å². The zero-order valence-electron chi connectivity index (χ0n) is 17.0. The van der Waals surface area contributed by atoms with Crippen LogP contribution in [0.2, 0.25) is 0 Å². The summed E-state index contributed by atoms with van der Waals surface area (Å²) >= 11 is 1.49. The number of rotatable bonds is 4. The summed E-state index contributed by atoms with van der Waals surface area (Å²) in [5.74, 6) is 0.669. The zero-order valence-corrected chi connectivity index (χ0v) is 17.8. The fourth-order valence-electron chi connectivity index (χ4n) is 3.34. The number of hydrogen-bond donors (Lipinski definition) is 2. The molecule has 0 bridgehead atoms. The highest BCUT2D eigenvalue weighted by molar-refractivity contribution is 7.99. The van der Waals surface area contributed by atoms with Gasteiger partial charge in [0.05, 0.1) is 23.0 Å². The van der Waals surface area contributed by atoms with Gasteiger partial charge in [-0.05, 0) is 38.3 Å². The van der Waals surface area contributed by atoms with Crippen LogP contribution in [0, 0.1) is 6.92 Å². The lowest BCUT2D eigenvalue weighted by molar-refractivity contribution is 0.0606. The van der Waals surface area contributed by atoms with E-state index in [1.54, 1.807) is 4.68 Å². The monoisotopic (exact) mass is 389 g/mol. The SMILES string of the molecule is CC.CSNc1ccc(C)cc1C(=O)N1CCCCC1c1cc(N)n(C)n1. The molecular weight excluding hydrogens is 358 g/mol. The van der Waals surface area contributed by atoms with Crippen LogP contribution in [-0.2, 0) is 7.05 Å². The standard InChI is InChI=1S/C18H25N5OS.C2H6/c1-12-7-8-14(21-25-3)13(10-12)18(24)23-9-5-4-6-16(23)15-11-17(19)22(2)20-15;1-2/h7-8,10-11,16,21H,4-6,9,19H2,1-3H3;1-2H3. The van der Waals surface area contributed by atoms with Gasteiger partial charge in [0, 0.05) is 25.9 Å². The molecular formula is C20H31N5OS. The highest BCUT2D eigenvalue weighted by atomic mass is 32.2. The quantitative estimate of drug-likeness (QED) is 0.758. The number of benzene rings is 1. The number of nitrogens with two attached hydrogens (primary N) is 1. The van der Waals surface area contributed by atoms with Crippen molar-refractivity contribution in [2.75, 3.05) is 23.3 Å². The second-order valence-corrected chi connectivity index (χ2v) is 7.10. The smallest absolute Gasteiger partial charge is 0.256 e. The Morgan fingerprint density at radius 2 is 2.04 bits per heavy atom. The molecule has 0 spiro atoms. The molecule has 0 radical (unpaired) electrons. The minimum atomic E-state index is -0.0209. The number of nitrogens with zero attached hydrogens (tertiary/aromatic N) is 3. The number of aryl methyl sites for hydroxylation is 2. The average molecular weight is 390 g/mol. The Labute approximate surface area is 166 Å². The Morgan fingerprint density at radius 3 is 2.67 bits per heavy atom. The predicted molar refractivity (Wildman–Crippen MR) is 115 cm³/mol. The molecule has 3 rings (SSSR count). The van der Waals surface area contributed by atoms with Gasteiger partial charge in [-0.2, -0.15) is 5.10 Å². The fraction of sp³-hybridized carbons (Fsp3) is 0.500. The summed E-state index contributed by atoms with van der Waals surface area (Å²) in [4.78, 5) is 15.3. The molecule has 2 heterocycles. The molecule has 148 valence electrons. The van der Waals surface area contributed by atoms with Crippen molar-refractivity contribution in [2.45, 2.75) is 46.1 Å². The summed E-state index contributed by atoms with van der Waals surface area (Å²) in [7, 11) is 1.83. The minimum absolute atomic E-state index is 0.0209. The molecule has 1 aromatic heterocycles. The normalized spacial score (nSPS) is 16.5. The number of likely N-dealkylation sites (tertiary alicyclic amines) is 1. The first-order valence-corrected chi connectivity index (χ1v) is 10.7. The van der Waals surface area contributed by atoms with Crippen LogP contribution in [0.4, 0.5) is 11.5 Å². The third-order valence-corrected chi connectivity index (χ3v) is 5.08. The van der Waals surface area contributed by atoms with E-state index in [1.165, 1.54) is 11.9 Å². The van der Waals surface area contributed by atoms with Gasteiger partial charge in [-0.15, -0.1) is 0 Å². The Hall–Kier alpha value is -2.15. The lowest BCUT2D eigenvalue weighted by Crippen LogP contribution is -2.39. The second kappa shape index (κ2) is 9.69. The molecule has 1 aliphatic rings. The minimum Gasteiger partial charge on any atom is -0.384 e. The van der Waals surface area contributed by atoms with E-state index in [2.05, 4.69) is 9.82 Å². The number of anilines is 2. The average Bonchev–Trinajstić information content (AvgIpc) is 3.03. The Balaban J connectivity index is 0.00000126. The van der Waals surface area contributed by atoms with E-state index in [4.69, 9.17) is 5.73 Å². The molecule has 1 amide bonds. The number of amides is 1. The van der Waals surface area contributed by atoms with Gasteiger partial charge in [-0.25, -0.2) is 0 Å². The number of carbonyl (C=O) groups excluding carboxylic acids is 1. The van der Waals surface area contributed by atoms with Crippen molar-refractivity contribution in [2.24, 2.45) is 7.05 Å². The molecule has 1 atom stereocenters. The van der Waals surface area contributed by atoms with E-state index in [0.717, 1.165) is 42.8 Å². The molecule has 1 fully saturated rings. The van der Waals surface area contributed by atoms with Crippen LogP contribution in [0.5, 0.6) is 0 Å². The molecule has 0 aliphatic carbocycles. The molecule has 3 N–H and O–H groups in total. The molecule has 1 unspecified atom stereocenters. The molecule has 6 nitrogen and oxygen atoms in total. The van der Waals surface area contributed by atoms with E-state index < -0.39 is 0 Å². The number of piperidine rings is 1. The van der Waals surface area contributed by atoms with Crippen LogP contribution < -0.4 is 10.5 Å². The van der Waals surface area contributed by atoms with E-state index in [1.807, 2.05) is 63.2 Å². The van der Waals surface area contributed by atoms with Crippen molar-refractivity contribution in [1.82, 2.24) is 14.7 Å². The molecule has 1 saturated heterocycles. The largest absolute Gasteiger partial charge is 0.384 e. The molecule has 0 saturated carbocycles. The van der Waals surface area contributed by atoms with Crippen molar-refractivity contribution < 1.29 is 4.79 Å². The molecule has 1 aliphatic heterocycles. The lowest BCUT2D eigenvalue weighted by atomic mass is 9.97. The fourth-order valence-corrected chi connectivity index (χ4v) is 3.74. The number of nitrogen functional groups attached to an aromatic ring is 1. The molecule has 1 aromatic carbocycles. The van der Waals surface area contributed by atoms with Crippen LogP contribution in [0.15, 0.2) is 24.3 Å². The third-order valence-electron chi connectivity index (χ3n) is 4.66. The van der Waals surface area contributed by atoms with Crippen LogP contribution in [0.1, 0.15) is 60.8 Å². The Morgan fingerprint density at radius 1 is 1.30 bits per heavy atom. The van der Waals surface area contributed by atoms with Crippen LogP contribution >= 0.6 is 11.9 Å². The predicted octanol–water partition coefficient (Wildman–Crippen LogP) is 4.39. The Kier molecular flexibility index (Phi) is 7.59. The first-order chi connectivity index (χ1) is 13.0. The molecule has 2 aromatic rings. The summed E-state index contributed by atoms with van der Waals surface area (Å²) in [5.41, 5.74) is 9.47. The van der Waals surface area contributed by atoms with Crippen LogP contribution in [0.3, 0.4) is 0 Å². The zero-order chi connectivity index (χ0) is 20.0. The highest BCUT2D eigenvalue weighted by Gasteiger charge is 2.31. The van der Waals surface area contributed by atoms with Crippen LogP contribution in [0.25, 0.3) is 0 Å². The topological polar surface area (TPSA) is 76.2 Å². The second-order valence-electron chi connectivity index (χ2n) is 6.48. The highest BCUT2D eigenvalue weighted by Crippen LogP contribution is 2.33. The van der Waals surface area contributed by atoms with Gasteiger partial charge in [0.1, 0.15) is 5.82 Å². The van der Waals surface area contributed by atoms with Crippen molar-refractivity contribution in [3.8, 4) is 0 Å². The summed E-state index contributed by atoms with van der Waals surface area (Å²) in [6.07, 6.45) is 4.98. The van der Waals surface area contributed by atoms with Gasteiger partial charge in [0.2, 0.25) is 0 Å². The van der Waals surface area contributed by atoms with Crippen molar-refractivity contribution >= 4 is 29.4 Å². The number of carbonyl (C=O) groups is 1. The maximum Gasteiger partial charge on any atom is 0.256 e. The van der Waals surface area contributed by atoms with Gasteiger partial charge in [-0.1, -0.05) is 37.4 Å². The van der Waals surface area contributed by atoms with E-state index in [0.29, 0.717) is 11.4 Å². The van der Waals surface area contributed by atoms with Crippen LogP contribution in [-0.4, -0.2) is 33.4 Å². The first-order valence-electron chi connectivity index (χ1n) is 9.51. The number of nitrogens with one attached hydrogen (secondary N) is 1. The molecule has 7 heteroatoms. The summed E-state index contributed by atoms with van der Waals surface area (Å²) in [5, 5.41) is 4.51. The van der Waals surface area contributed by atoms with Crippen molar-refractivity contribution in [1.29, 1.82) is 0 Å². The summed E-state index contributed by atoms with van der Waals surface area (Å²) < 4.78 is 4.89. The third kappa shape index (κ3) is 4.77. The summed E-state index contributed by atoms with van der Waals surface area (Å²) in [6.45, 7) is 6.75. The maximum absolute atomic E-state index is 13.3. The van der Waals surface area contributed by atoms with Crippen molar-refractivity contribution in [3.63, 3.8) is 0 Å². The first kappa shape index (κ1) is 21.2. The van der Waals surface area contributed by atoms with Gasteiger partial charge < -0.3 is 15.4 Å². The number of hydrogen-bond acceptors (Lipinski definition) is 5. The van der Waals surface area contributed by atoms with E-state index in [9.17, 15) is 4.79 Å². The van der Waals surface area contributed by atoms with Gasteiger partial charge >= 0.3 is 0 Å². The van der Waals surface area contributed by atoms with Crippen molar-refractivity contribution in [3.05, 3.63) is 41.1 Å². The molecule has 27 heavy (non-hydrogen) atoms. The van der Waals surface area contributed by atoms with Gasteiger partial charge in [0.25, 0.3) is 5.91 Å². The van der Waals surface area contributed by atoms with Gasteiger partial charge in [-0.3, -0.25) is 9.48 Å². The maximum atomic E-state index is 13.3.